The average molecular weight is 179 g/mol. The van der Waals surface area contributed by atoms with Gasteiger partial charge in [-0.3, -0.25) is 0 Å². The van der Waals surface area contributed by atoms with E-state index in [4.69, 9.17) is 0 Å². The highest BCUT2D eigenvalue weighted by atomic mass is 33.1. The highest BCUT2D eigenvalue weighted by molar-refractivity contribution is 8.77. The van der Waals surface area contributed by atoms with Crippen LogP contribution in [0.4, 0.5) is 0 Å². The highest BCUT2D eigenvalue weighted by Gasteiger charge is 2.19. The Labute approximate surface area is 63.1 Å². The molecule has 0 bridgehead atoms. The van der Waals surface area contributed by atoms with Gasteiger partial charge >= 0.3 is 0 Å². The first-order valence-electron chi connectivity index (χ1n) is 2.16. The maximum absolute atomic E-state index is 2.24. The molecule has 2 heterocycles. The summed E-state index contributed by atoms with van der Waals surface area (Å²) >= 11 is 0. The molecule has 1 aromatic heterocycles. The Morgan fingerprint density at radius 3 is 3.50 bits per heavy atom. The molecule has 0 fully saturated rings. The molecule has 0 spiro atoms. The molecule has 4 heteroatoms. The lowest BCUT2D eigenvalue weighted by Gasteiger charge is -1.72. The van der Waals surface area contributed by atoms with Crippen LogP contribution in [0.25, 0.3) is 0 Å². The normalized spacial score (nSPS) is 16.5. The maximum Gasteiger partial charge on any atom is 0.293 e. The third kappa shape index (κ3) is 0.795. The van der Waals surface area contributed by atoms with Crippen molar-refractivity contribution < 1.29 is 0 Å². The van der Waals surface area contributed by atoms with Crippen LogP contribution in [0, 0.1) is 0 Å². The van der Waals surface area contributed by atoms with Gasteiger partial charge in [0.1, 0.15) is 0 Å². The second-order valence-corrected chi connectivity index (χ2v) is 5.93. The van der Waals surface area contributed by atoms with E-state index in [1.807, 2.05) is 42.3 Å². The van der Waals surface area contributed by atoms with Gasteiger partial charge < -0.3 is 0 Å². The van der Waals surface area contributed by atoms with E-state index in [0.29, 0.717) is 0 Å². The second-order valence-electron chi connectivity index (χ2n) is 1.43. The van der Waals surface area contributed by atoms with Gasteiger partial charge in [0.2, 0.25) is 5.38 Å². The number of hydrogen-bond acceptors (Lipinski definition) is 3. The van der Waals surface area contributed by atoms with Crippen molar-refractivity contribution in [1.29, 1.82) is 0 Å². The van der Waals surface area contributed by atoms with E-state index in [1.165, 1.54) is 10.6 Å². The van der Waals surface area contributed by atoms with Crippen molar-refractivity contribution in [3.05, 3.63) is 10.3 Å². The fourth-order valence-corrected chi connectivity index (χ4v) is 6.55. The first-order chi connectivity index (χ1) is 3.97. The summed E-state index contributed by atoms with van der Waals surface area (Å²) < 4.78 is 0. The van der Waals surface area contributed by atoms with Gasteiger partial charge in [0.25, 0.3) is 10.3 Å². The molecule has 0 N–H and O–H groups in total. The van der Waals surface area contributed by atoms with E-state index < -0.39 is 0 Å². The Hall–Kier alpha value is 0.750. The van der Waals surface area contributed by atoms with Crippen LogP contribution in [0.2, 0.25) is 0 Å². The third-order valence-corrected chi connectivity index (χ3v) is 5.87. The van der Waals surface area contributed by atoms with Crippen molar-refractivity contribution >= 4 is 42.3 Å². The van der Waals surface area contributed by atoms with E-state index in [-0.39, 0.29) is 0 Å². The van der Waals surface area contributed by atoms with Crippen molar-refractivity contribution in [3.8, 4) is 0 Å². The third-order valence-electron chi connectivity index (χ3n) is 0.917. The summed E-state index contributed by atoms with van der Waals surface area (Å²) in [5.41, 5.74) is 0. The Morgan fingerprint density at radius 1 is 1.62 bits per heavy atom. The van der Waals surface area contributed by atoms with Crippen molar-refractivity contribution in [1.82, 2.24) is 0 Å². The van der Waals surface area contributed by atoms with E-state index in [2.05, 4.69) is 5.38 Å². The Kier molecular flexibility index (Phi) is 1.50. The largest absolute Gasteiger partial charge is 0.293 e. The van der Waals surface area contributed by atoms with Crippen LogP contribution in [0.1, 0.15) is 4.88 Å². The Morgan fingerprint density at radius 2 is 2.62 bits per heavy atom. The smallest absolute Gasteiger partial charge is 0.0828 e. The van der Waals surface area contributed by atoms with Crippen LogP contribution in [0.3, 0.4) is 0 Å². The van der Waals surface area contributed by atoms with E-state index in [9.17, 15) is 0 Å². The molecule has 0 aliphatic carbocycles. The van der Waals surface area contributed by atoms with Gasteiger partial charge in [-0.05, 0) is 0 Å². The molecule has 1 aliphatic heterocycles. The SMILES string of the molecule is c1[s+]sc2c1SSC2. The number of fused-ring (bicyclic) bond motifs is 1. The molecule has 0 radical (unpaired) electrons. The molecule has 0 amide bonds. The molecule has 0 aromatic carbocycles. The molecule has 2 rings (SSSR count). The van der Waals surface area contributed by atoms with Crippen LogP contribution < -0.4 is 0 Å². The second kappa shape index (κ2) is 2.17. The van der Waals surface area contributed by atoms with Crippen molar-refractivity contribution in [2.24, 2.45) is 0 Å². The quantitative estimate of drug-likeness (QED) is 0.442. The van der Waals surface area contributed by atoms with Gasteiger partial charge in [0, 0.05) is 5.75 Å². The summed E-state index contributed by atoms with van der Waals surface area (Å²) in [5.74, 6) is 1.23. The molecule has 1 aromatic rings. The van der Waals surface area contributed by atoms with Gasteiger partial charge in [0.05, 0.1) is 9.77 Å². The van der Waals surface area contributed by atoms with Crippen molar-refractivity contribution in [2.75, 3.05) is 0 Å². The molecule has 8 heavy (non-hydrogen) atoms. The Bertz CT molecular complexity index is 173. The van der Waals surface area contributed by atoms with Gasteiger partial charge in [-0.15, -0.1) is 0 Å². The molecular weight excluding hydrogens is 176 g/mol. The molecule has 1 aliphatic rings. The minimum Gasteiger partial charge on any atom is -0.0828 e. The number of hydrogen-bond donors (Lipinski definition) is 0. The summed E-state index contributed by atoms with van der Waals surface area (Å²) in [6, 6.07) is 0. The van der Waals surface area contributed by atoms with Crippen LogP contribution in [-0.2, 0) is 5.75 Å². The molecular formula is C4H3S4+. The lowest BCUT2D eigenvalue weighted by molar-refractivity contribution is 1.42. The fourth-order valence-electron chi connectivity index (χ4n) is 0.540. The first-order valence-corrected chi connectivity index (χ1v) is 6.69. The minimum atomic E-state index is 1.23. The molecule has 0 saturated carbocycles. The lowest BCUT2D eigenvalue weighted by Crippen LogP contribution is -1.59. The minimum absolute atomic E-state index is 1.23. The van der Waals surface area contributed by atoms with Crippen molar-refractivity contribution in [2.45, 2.75) is 10.6 Å². The first kappa shape index (κ1) is 5.53. The maximum atomic E-state index is 2.24. The topological polar surface area (TPSA) is 0 Å². The van der Waals surface area contributed by atoms with Crippen LogP contribution in [0.5, 0.6) is 0 Å². The lowest BCUT2D eigenvalue weighted by atomic mass is 10.6. The average Bonchev–Trinajstić information content (AvgIpc) is 2.15. The predicted molar refractivity (Wildman–Crippen MR) is 43.8 cm³/mol. The summed E-state index contributed by atoms with van der Waals surface area (Å²) in [7, 11) is 7.62. The summed E-state index contributed by atoms with van der Waals surface area (Å²) in [4.78, 5) is 3.08. The van der Waals surface area contributed by atoms with Gasteiger partial charge in [-0.1, -0.05) is 21.6 Å². The molecule has 0 atom stereocenters. The zero-order chi connectivity index (χ0) is 5.40. The van der Waals surface area contributed by atoms with Gasteiger partial charge in [-0.2, -0.15) is 0 Å². The van der Waals surface area contributed by atoms with E-state index in [0.717, 1.165) is 0 Å². The van der Waals surface area contributed by atoms with Crippen molar-refractivity contribution in [3.63, 3.8) is 0 Å². The summed E-state index contributed by atoms with van der Waals surface area (Å²) in [6.07, 6.45) is 0. The standard InChI is InChI=1S/C4H3S4/c1-3-4(8-5-1)2-6-7-3/h1H,2H2/q+1. The monoisotopic (exact) mass is 179 g/mol. The van der Waals surface area contributed by atoms with Gasteiger partial charge in [0.15, 0.2) is 10.3 Å². The number of rotatable bonds is 0. The zero-order valence-corrected chi connectivity index (χ0v) is 7.18. The zero-order valence-electron chi connectivity index (χ0n) is 3.92. The highest BCUT2D eigenvalue weighted by Crippen LogP contribution is 2.47. The van der Waals surface area contributed by atoms with Crippen LogP contribution >= 0.6 is 42.3 Å². The van der Waals surface area contributed by atoms with Gasteiger partial charge in [-0.25, -0.2) is 0 Å². The van der Waals surface area contributed by atoms with E-state index >= 15 is 0 Å². The summed E-state index contributed by atoms with van der Waals surface area (Å²) in [5, 5.41) is 2.24. The fraction of sp³-hybridized carbons (Fsp3) is 0.250. The van der Waals surface area contributed by atoms with E-state index in [1.54, 1.807) is 4.88 Å². The molecule has 0 nitrogen and oxygen atoms in total. The summed E-state index contributed by atoms with van der Waals surface area (Å²) in [6.45, 7) is 0. The Balaban J connectivity index is 2.54. The molecule has 0 saturated heterocycles. The molecule has 0 unspecified atom stereocenters. The predicted octanol–water partition coefficient (Wildman–Crippen LogP) is 3.34. The van der Waals surface area contributed by atoms with Crippen LogP contribution in [-0.4, -0.2) is 0 Å². The molecule has 42 valence electrons. The van der Waals surface area contributed by atoms with Crippen LogP contribution in [0.15, 0.2) is 10.3 Å².